The van der Waals surface area contributed by atoms with Crippen molar-refractivity contribution < 1.29 is 17.9 Å². The van der Waals surface area contributed by atoms with Crippen LogP contribution in [0.1, 0.15) is 79.7 Å². The minimum Gasteiger partial charge on any atom is -0.507 e. The molecule has 0 bridgehead atoms. The Balaban J connectivity index is 1.35. The molecule has 38 heavy (non-hydrogen) atoms. The van der Waals surface area contributed by atoms with E-state index in [1.54, 1.807) is 22.5 Å². The number of hydrogen-bond acceptors (Lipinski definition) is 5. The average molecular weight is 536 g/mol. The van der Waals surface area contributed by atoms with Crippen LogP contribution in [-0.2, 0) is 10.0 Å². The summed E-state index contributed by atoms with van der Waals surface area (Å²) < 4.78 is 34.0. The van der Waals surface area contributed by atoms with Crippen molar-refractivity contribution in [2.75, 3.05) is 13.1 Å². The zero-order chi connectivity index (χ0) is 26.9. The van der Waals surface area contributed by atoms with Gasteiger partial charge in [0.05, 0.1) is 10.5 Å². The van der Waals surface area contributed by atoms with Crippen LogP contribution in [0.15, 0.2) is 74.8 Å². The number of aromatic hydroxyl groups is 1. The van der Waals surface area contributed by atoms with Gasteiger partial charge in [-0.25, -0.2) is 13.2 Å². The normalized spacial score (nSPS) is 20.2. The lowest BCUT2D eigenvalue weighted by Gasteiger charge is -2.33. The molecular weight excluding hydrogens is 498 g/mol. The first kappa shape index (κ1) is 26.7. The number of aryl methyl sites for hydroxylation is 1. The lowest BCUT2D eigenvalue weighted by molar-refractivity contribution is 0.235. The van der Waals surface area contributed by atoms with E-state index in [-0.39, 0.29) is 23.5 Å². The highest BCUT2D eigenvalue weighted by Crippen LogP contribution is 2.48. The van der Waals surface area contributed by atoms with Crippen molar-refractivity contribution in [1.29, 1.82) is 0 Å². The highest BCUT2D eigenvalue weighted by Gasteiger charge is 2.38. The molecule has 1 aliphatic heterocycles. The van der Waals surface area contributed by atoms with Gasteiger partial charge in [-0.1, -0.05) is 55.0 Å². The van der Waals surface area contributed by atoms with E-state index < -0.39 is 15.6 Å². The number of nitrogens with zero attached hydrogens (tertiary/aromatic N) is 1. The fourth-order valence-electron chi connectivity index (χ4n) is 5.94. The van der Waals surface area contributed by atoms with E-state index in [1.807, 2.05) is 56.3 Å². The van der Waals surface area contributed by atoms with Gasteiger partial charge < -0.3 is 9.52 Å². The van der Waals surface area contributed by atoms with Crippen LogP contribution in [0.5, 0.6) is 5.75 Å². The zero-order valence-electron chi connectivity index (χ0n) is 22.2. The molecule has 3 aromatic rings. The van der Waals surface area contributed by atoms with E-state index in [2.05, 4.69) is 0 Å². The summed E-state index contributed by atoms with van der Waals surface area (Å²) in [4.78, 5) is 13.6. The molecule has 5 rings (SSSR count). The minimum atomic E-state index is -3.56. The Labute approximate surface area is 225 Å². The molecule has 0 amide bonds. The number of benzene rings is 2. The van der Waals surface area contributed by atoms with Gasteiger partial charge in [-0.15, -0.1) is 0 Å². The molecule has 7 heteroatoms. The van der Waals surface area contributed by atoms with Crippen molar-refractivity contribution in [3.05, 3.63) is 93.5 Å². The Morgan fingerprint density at radius 3 is 2.39 bits per heavy atom. The topological polar surface area (TPSA) is 87.8 Å². The molecule has 1 aromatic heterocycles. The monoisotopic (exact) mass is 535 g/mol. The van der Waals surface area contributed by atoms with E-state index in [0.717, 1.165) is 43.2 Å². The molecule has 2 aromatic carbocycles. The third kappa shape index (κ3) is 5.59. The maximum atomic E-state index is 13.3. The van der Waals surface area contributed by atoms with Gasteiger partial charge in [-0.2, -0.15) is 4.31 Å². The van der Waals surface area contributed by atoms with Crippen LogP contribution in [0, 0.1) is 18.8 Å². The molecule has 2 heterocycles. The molecule has 202 valence electrons. The summed E-state index contributed by atoms with van der Waals surface area (Å²) in [7, 11) is -3.56. The Morgan fingerprint density at radius 1 is 1.05 bits per heavy atom. The smallest absolute Gasteiger partial charge is 0.343 e. The Hall–Kier alpha value is -2.90. The number of piperidine rings is 1. The molecule has 1 saturated carbocycles. The van der Waals surface area contributed by atoms with Gasteiger partial charge in [0.15, 0.2) is 0 Å². The van der Waals surface area contributed by atoms with E-state index >= 15 is 0 Å². The summed E-state index contributed by atoms with van der Waals surface area (Å²) in [6.07, 6.45) is 5.20. The van der Waals surface area contributed by atoms with Crippen molar-refractivity contribution in [2.24, 2.45) is 11.8 Å². The van der Waals surface area contributed by atoms with Crippen molar-refractivity contribution >= 4 is 10.0 Å². The summed E-state index contributed by atoms with van der Waals surface area (Å²) >= 11 is 0. The molecule has 0 spiro atoms. The first-order valence-corrected chi connectivity index (χ1v) is 15.2. The number of rotatable bonds is 9. The lowest BCUT2D eigenvalue weighted by atomic mass is 9.85. The van der Waals surface area contributed by atoms with Gasteiger partial charge in [-0.05, 0) is 75.0 Å². The molecular formula is C31H37NO5S. The van der Waals surface area contributed by atoms with Gasteiger partial charge in [0.25, 0.3) is 0 Å². The van der Waals surface area contributed by atoms with Crippen LogP contribution >= 0.6 is 0 Å². The Morgan fingerprint density at radius 2 is 1.76 bits per heavy atom. The summed E-state index contributed by atoms with van der Waals surface area (Å²) in [5.41, 5.74) is 1.93. The highest BCUT2D eigenvalue weighted by molar-refractivity contribution is 7.89. The van der Waals surface area contributed by atoms with Crippen molar-refractivity contribution in [1.82, 2.24) is 4.31 Å². The summed E-state index contributed by atoms with van der Waals surface area (Å²) in [5, 5.41) is 11.1. The van der Waals surface area contributed by atoms with E-state index in [4.69, 9.17) is 4.42 Å². The van der Waals surface area contributed by atoms with Crippen molar-refractivity contribution in [2.45, 2.75) is 69.1 Å². The van der Waals surface area contributed by atoms with Crippen LogP contribution in [-0.4, -0.2) is 30.9 Å². The second kappa shape index (κ2) is 11.1. The van der Waals surface area contributed by atoms with Crippen LogP contribution in [0.2, 0.25) is 0 Å². The minimum absolute atomic E-state index is 0.00247. The molecule has 3 unspecified atom stereocenters. The predicted molar refractivity (Wildman–Crippen MR) is 148 cm³/mol. The van der Waals surface area contributed by atoms with Crippen molar-refractivity contribution in [3.8, 4) is 5.75 Å². The standard InChI is InChI=1S/C31H37NO5S/c1-3-23(18-22-8-7-17-32(20-22)38(35,36)26-15-11-21(2)12-16-26)28-19-27(33)30(31(34)37-28)29(25-13-14-25)24-9-5-4-6-10-24/h4-6,9-12,15-16,19,22-23,25,29,33H,3,7-8,13-14,17-18,20H2,1-2H3. The fraction of sp³-hybridized carbons (Fsp3) is 0.452. The van der Waals surface area contributed by atoms with Crippen LogP contribution in [0.25, 0.3) is 0 Å². The van der Waals surface area contributed by atoms with Crippen LogP contribution < -0.4 is 5.63 Å². The highest BCUT2D eigenvalue weighted by atomic mass is 32.2. The second-order valence-corrected chi connectivity index (χ2v) is 12.9. The molecule has 1 saturated heterocycles. The van der Waals surface area contributed by atoms with E-state index in [1.165, 1.54) is 0 Å². The third-order valence-corrected chi connectivity index (χ3v) is 10.1. The van der Waals surface area contributed by atoms with E-state index in [9.17, 15) is 18.3 Å². The molecule has 2 aliphatic rings. The summed E-state index contributed by atoms with van der Waals surface area (Å²) in [6.45, 7) is 4.93. The maximum Gasteiger partial charge on any atom is 0.343 e. The summed E-state index contributed by atoms with van der Waals surface area (Å²) in [5.74, 6) is 0.723. The van der Waals surface area contributed by atoms with Crippen LogP contribution in [0.4, 0.5) is 0 Å². The van der Waals surface area contributed by atoms with E-state index in [0.29, 0.717) is 41.6 Å². The van der Waals surface area contributed by atoms with Gasteiger partial charge in [0.1, 0.15) is 11.5 Å². The molecule has 0 radical (unpaired) electrons. The quantitative estimate of drug-likeness (QED) is 0.353. The predicted octanol–water partition coefficient (Wildman–Crippen LogP) is 6.18. The maximum absolute atomic E-state index is 13.3. The zero-order valence-corrected chi connectivity index (χ0v) is 23.0. The van der Waals surface area contributed by atoms with Gasteiger partial charge in [0, 0.05) is 31.0 Å². The Kier molecular flexibility index (Phi) is 7.78. The largest absolute Gasteiger partial charge is 0.507 e. The molecule has 6 nitrogen and oxygen atoms in total. The average Bonchev–Trinajstić information content (AvgIpc) is 3.75. The molecule has 1 aliphatic carbocycles. The summed E-state index contributed by atoms with van der Waals surface area (Å²) in [6, 6.07) is 18.5. The van der Waals surface area contributed by atoms with Crippen molar-refractivity contribution in [3.63, 3.8) is 0 Å². The lowest BCUT2D eigenvalue weighted by Crippen LogP contribution is -2.40. The third-order valence-electron chi connectivity index (χ3n) is 8.20. The molecule has 1 N–H and O–H groups in total. The van der Waals surface area contributed by atoms with Gasteiger partial charge in [-0.3, -0.25) is 0 Å². The molecule has 3 atom stereocenters. The second-order valence-electron chi connectivity index (χ2n) is 11.0. The first-order valence-electron chi connectivity index (χ1n) is 13.8. The number of hydrogen-bond donors (Lipinski definition) is 1. The van der Waals surface area contributed by atoms with Gasteiger partial charge in [0.2, 0.25) is 10.0 Å². The van der Waals surface area contributed by atoms with Crippen LogP contribution in [0.3, 0.4) is 0 Å². The number of sulfonamides is 1. The SMILES string of the molecule is CCC(CC1CCCN(S(=O)(=O)c2ccc(C)cc2)C1)c1cc(O)c(C(c2ccccc2)C2CC2)c(=O)o1. The fourth-order valence-corrected chi connectivity index (χ4v) is 7.50. The Bertz CT molecular complexity index is 1410. The van der Waals surface area contributed by atoms with Gasteiger partial charge >= 0.3 is 5.63 Å². The first-order chi connectivity index (χ1) is 18.3. The molecule has 2 fully saturated rings.